The van der Waals surface area contributed by atoms with Gasteiger partial charge in [-0.2, -0.15) is 0 Å². The summed E-state index contributed by atoms with van der Waals surface area (Å²) in [5.41, 5.74) is 1.15. The van der Waals surface area contributed by atoms with E-state index in [4.69, 9.17) is 4.74 Å². The van der Waals surface area contributed by atoms with E-state index in [-0.39, 0.29) is 11.8 Å². The quantitative estimate of drug-likeness (QED) is 0.904. The van der Waals surface area contributed by atoms with Gasteiger partial charge in [-0.05, 0) is 30.9 Å². The molecule has 0 saturated heterocycles. The van der Waals surface area contributed by atoms with E-state index in [1.165, 1.54) is 32.1 Å². The zero-order valence-electron chi connectivity index (χ0n) is 12.6. The summed E-state index contributed by atoms with van der Waals surface area (Å²) < 4.78 is 5.73. The second-order valence-electron chi connectivity index (χ2n) is 6.37. The predicted molar refractivity (Wildman–Crippen MR) is 83.4 cm³/mol. The lowest BCUT2D eigenvalue weighted by molar-refractivity contribution is -0.127. The van der Waals surface area contributed by atoms with Crippen LogP contribution < -0.4 is 10.1 Å². The van der Waals surface area contributed by atoms with Gasteiger partial charge in [0.25, 0.3) is 0 Å². The molecule has 3 heteroatoms. The Bertz CT molecular complexity index is 478. The van der Waals surface area contributed by atoms with Crippen molar-refractivity contribution in [2.24, 2.45) is 5.92 Å². The molecule has 1 aromatic carbocycles. The van der Waals surface area contributed by atoms with Gasteiger partial charge in [0, 0.05) is 6.04 Å². The largest absolute Gasteiger partial charge is 0.492 e. The molecule has 1 saturated carbocycles. The third-order valence-corrected chi connectivity index (χ3v) is 4.70. The van der Waals surface area contributed by atoms with Crippen LogP contribution in [-0.4, -0.2) is 18.6 Å². The number of carbonyl (C=O) groups excluding carboxylic acids is 1. The smallest absolute Gasteiger partial charge is 0.227 e. The van der Waals surface area contributed by atoms with Crippen molar-refractivity contribution in [3.8, 4) is 5.75 Å². The summed E-state index contributed by atoms with van der Waals surface area (Å²) in [6.07, 6.45) is 9.54. The van der Waals surface area contributed by atoms with Gasteiger partial charge in [0.1, 0.15) is 12.4 Å². The van der Waals surface area contributed by atoms with Crippen molar-refractivity contribution in [1.29, 1.82) is 0 Å². The molecule has 1 heterocycles. The summed E-state index contributed by atoms with van der Waals surface area (Å²) in [5.74, 6) is 1.08. The van der Waals surface area contributed by atoms with Gasteiger partial charge >= 0.3 is 0 Å². The maximum absolute atomic E-state index is 12.5. The number of fused-ring (bicyclic) bond motifs is 1. The fourth-order valence-electron chi connectivity index (χ4n) is 3.42. The number of rotatable bonds is 2. The average molecular weight is 287 g/mol. The van der Waals surface area contributed by atoms with Gasteiger partial charge in [-0.1, -0.05) is 50.3 Å². The fourth-order valence-corrected chi connectivity index (χ4v) is 3.42. The van der Waals surface area contributed by atoms with Crippen LogP contribution in [0.3, 0.4) is 0 Å². The van der Waals surface area contributed by atoms with Crippen LogP contribution in [0.5, 0.6) is 5.75 Å². The molecule has 2 aliphatic rings. The van der Waals surface area contributed by atoms with Gasteiger partial charge in [-0.3, -0.25) is 4.79 Å². The highest BCUT2D eigenvalue weighted by molar-refractivity contribution is 5.79. The Labute approximate surface area is 127 Å². The lowest BCUT2D eigenvalue weighted by Gasteiger charge is -2.27. The van der Waals surface area contributed by atoms with E-state index in [2.05, 4.69) is 11.4 Å². The molecule has 3 nitrogen and oxygen atoms in total. The Morgan fingerprint density at radius 1 is 1.05 bits per heavy atom. The second-order valence-corrected chi connectivity index (χ2v) is 6.37. The molecule has 0 aromatic heterocycles. The van der Waals surface area contributed by atoms with Crippen LogP contribution in [0.25, 0.3) is 0 Å². The minimum absolute atomic E-state index is 0.0367. The van der Waals surface area contributed by atoms with E-state index in [0.29, 0.717) is 12.6 Å². The average Bonchev–Trinajstić information content (AvgIpc) is 2.49. The summed E-state index contributed by atoms with van der Waals surface area (Å²) in [6.45, 7) is 0.509. The summed E-state index contributed by atoms with van der Waals surface area (Å²) in [4.78, 5) is 12.5. The molecule has 1 aliphatic heterocycles. The number of para-hydroxylation sites is 1. The zero-order valence-corrected chi connectivity index (χ0v) is 12.6. The molecule has 1 fully saturated rings. The standard InChI is InChI=1S/C18H25NO2/c20-18(19-16-9-4-2-1-3-5-10-16)15-12-14-8-6-7-11-17(14)21-13-15/h6-8,11,15-16H,1-5,9-10,12-13H2,(H,19,20)/t15-/m1/s1. The normalized spacial score (nSPS) is 23.3. The number of carbonyl (C=O) groups is 1. The highest BCUT2D eigenvalue weighted by Crippen LogP contribution is 2.27. The minimum atomic E-state index is -0.0367. The molecular weight excluding hydrogens is 262 g/mol. The van der Waals surface area contributed by atoms with Crippen LogP contribution in [0.4, 0.5) is 0 Å². The van der Waals surface area contributed by atoms with Gasteiger partial charge < -0.3 is 10.1 Å². The monoisotopic (exact) mass is 287 g/mol. The van der Waals surface area contributed by atoms with Gasteiger partial charge in [0.05, 0.1) is 5.92 Å². The molecule has 0 unspecified atom stereocenters. The maximum atomic E-state index is 12.5. The fraction of sp³-hybridized carbons (Fsp3) is 0.611. The Morgan fingerprint density at radius 3 is 2.57 bits per heavy atom. The van der Waals surface area contributed by atoms with Crippen molar-refractivity contribution in [2.75, 3.05) is 6.61 Å². The molecule has 21 heavy (non-hydrogen) atoms. The first kappa shape index (κ1) is 14.4. The van der Waals surface area contributed by atoms with Crippen molar-refractivity contribution in [3.63, 3.8) is 0 Å². The molecule has 0 spiro atoms. The van der Waals surface area contributed by atoms with Crippen LogP contribution >= 0.6 is 0 Å². The van der Waals surface area contributed by atoms with Crippen LogP contribution in [-0.2, 0) is 11.2 Å². The maximum Gasteiger partial charge on any atom is 0.227 e. The van der Waals surface area contributed by atoms with Gasteiger partial charge in [-0.15, -0.1) is 0 Å². The van der Waals surface area contributed by atoms with Gasteiger partial charge in [0.2, 0.25) is 5.91 Å². The number of nitrogens with one attached hydrogen (secondary N) is 1. The summed E-state index contributed by atoms with van der Waals surface area (Å²) >= 11 is 0. The van der Waals surface area contributed by atoms with E-state index in [9.17, 15) is 4.79 Å². The first-order valence-corrected chi connectivity index (χ1v) is 8.34. The van der Waals surface area contributed by atoms with Crippen LogP contribution in [0.2, 0.25) is 0 Å². The molecule has 114 valence electrons. The highest BCUT2D eigenvalue weighted by atomic mass is 16.5. The Kier molecular flexibility index (Phi) is 4.79. The van der Waals surface area contributed by atoms with Crippen molar-refractivity contribution >= 4 is 5.91 Å². The molecular formula is C18H25NO2. The van der Waals surface area contributed by atoms with Gasteiger partial charge in [-0.25, -0.2) is 0 Å². The highest BCUT2D eigenvalue weighted by Gasteiger charge is 2.27. The zero-order chi connectivity index (χ0) is 14.5. The summed E-state index contributed by atoms with van der Waals surface area (Å²) in [5, 5.41) is 3.27. The van der Waals surface area contributed by atoms with Gasteiger partial charge in [0.15, 0.2) is 0 Å². The Balaban J connectivity index is 1.56. The van der Waals surface area contributed by atoms with E-state index in [0.717, 1.165) is 30.6 Å². The third-order valence-electron chi connectivity index (χ3n) is 4.70. The van der Waals surface area contributed by atoms with E-state index >= 15 is 0 Å². The van der Waals surface area contributed by atoms with E-state index in [1.54, 1.807) is 0 Å². The topological polar surface area (TPSA) is 38.3 Å². The molecule has 3 rings (SSSR count). The predicted octanol–water partition coefficient (Wildman–Crippen LogP) is 3.47. The van der Waals surface area contributed by atoms with E-state index in [1.807, 2.05) is 18.2 Å². The molecule has 1 aromatic rings. The SMILES string of the molecule is O=C(NC1CCCCCCC1)[C@H]1COc2ccccc2C1. The molecule has 1 atom stereocenters. The first-order chi connectivity index (χ1) is 10.3. The molecule has 1 amide bonds. The number of hydrogen-bond donors (Lipinski definition) is 1. The first-order valence-electron chi connectivity index (χ1n) is 8.34. The summed E-state index contributed by atoms with van der Waals surface area (Å²) in [6, 6.07) is 8.41. The van der Waals surface area contributed by atoms with E-state index < -0.39 is 0 Å². The number of hydrogen-bond acceptors (Lipinski definition) is 2. The lowest BCUT2D eigenvalue weighted by Crippen LogP contribution is -2.42. The van der Waals surface area contributed by atoms with Crippen LogP contribution in [0.15, 0.2) is 24.3 Å². The van der Waals surface area contributed by atoms with Crippen molar-refractivity contribution in [1.82, 2.24) is 5.32 Å². The second kappa shape index (κ2) is 6.97. The number of benzene rings is 1. The molecule has 1 aliphatic carbocycles. The van der Waals surface area contributed by atoms with Crippen molar-refractivity contribution in [3.05, 3.63) is 29.8 Å². The number of ether oxygens (including phenoxy) is 1. The summed E-state index contributed by atoms with van der Waals surface area (Å²) in [7, 11) is 0. The Hall–Kier alpha value is -1.51. The molecule has 0 radical (unpaired) electrons. The van der Waals surface area contributed by atoms with Crippen molar-refractivity contribution < 1.29 is 9.53 Å². The van der Waals surface area contributed by atoms with Crippen molar-refractivity contribution in [2.45, 2.75) is 57.4 Å². The van der Waals surface area contributed by atoms with Crippen LogP contribution in [0, 0.1) is 5.92 Å². The lowest BCUT2D eigenvalue weighted by atomic mass is 9.93. The molecule has 0 bridgehead atoms. The molecule has 1 N–H and O–H groups in total. The minimum Gasteiger partial charge on any atom is -0.492 e. The third kappa shape index (κ3) is 3.78. The number of amides is 1. The Morgan fingerprint density at radius 2 is 1.76 bits per heavy atom. The van der Waals surface area contributed by atoms with Crippen LogP contribution in [0.1, 0.15) is 50.5 Å².